The molecule has 0 saturated heterocycles. The molecule has 1 unspecified atom stereocenters. The van der Waals surface area contributed by atoms with Crippen molar-refractivity contribution in [2.45, 2.75) is 33.7 Å². The number of nitrogens with one attached hydrogen (secondary N) is 2. The predicted octanol–water partition coefficient (Wildman–Crippen LogP) is 2.93. The van der Waals surface area contributed by atoms with Crippen LogP contribution in [0.4, 0.5) is 10.5 Å². The summed E-state index contributed by atoms with van der Waals surface area (Å²) in [5, 5.41) is 5.33. The van der Waals surface area contributed by atoms with E-state index in [9.17, 15) is 14.4 Å². The largest absolute Gasteiger partial charge is 0.450 e. The fourth-order valence-electron chi connectivity index (χ4n) is 2.30. The average molecular weight is 428 g/mol. The lowest BCUT2D eigenvalue weighted by molar-refractivity contribution is -0.136. The standard InChI is InChI=1S/C18H26BrN3O4/c1-6-26-18(25)21-16(11(2)3)17(24)22(5)10-15(23)20-14-8-7-13(19)9-12(14)4/h7-9,11,16H,6,10H2,1-5H3,(H,20,23)(H,21,25). The van der Waals surface area contributed by atoms with Gasteiger partial charge in [-0.2, -0.15) is 0 Å². The van der Waals surface area contributed by atoms with E-state index >= 15 is 0 Å². The first-order valence-corrected chi connectivity index (χ1v) is 9.19. The van der Waals surface area contributed by atoms with Crippen molar-refractivity contribution in [3.63, 3.8) is 0 Å². The van der Waals surface area contributed by atoms with Crippen LogP contribution in [0.15, 0.2) is 22.7 Å². The summed E-state index contributed by atoms with van der Waals surface area (Å²) in [6, 6.07) is 4.75. The number of carbonyl (C=O) groups is 3. The highest BCUT2D eigenvalue weighted by Crippen LogP contribution is 2.20. The lowest BCUT2D eigenvalue weighted by Crippen LogP contribution is -2.51. The van der Waals surface area contributed by atoms with Gasteiger partial charge in [0.05, 0.1) is 13.2 Å². The minimum absolute atomic E-state index is 0.123. The Bertz CT molecular complexity index is 664. The van der Waals surface area contributed by atoms with Gasteiger partial charge < -0.3 is 20.3 Å². The molecule has 0 spiro atoms. The normalized spacial score (nSPS) is 11.7. The second-order valence-corrected chi connectivity index (χ2v) is 7.20. The molecule has 2 N–H and O–H groups in total. The number of alkyl carbamates (subject to hydrolysis) is 1. The number of hydrogen-bond acceptors (Lipinski definition) is 4. The Labute approximate surface area is 162 Å². The fourth-order valence-corrected chi connectivity index (χ4v) is 2.78. The van der Waals surface area contributed by atoms with Gasteiger partial charge in [0.25, 0.3) is 0 Å². The summed E-state index contributed by atoms with van der Waals surface area (Å²) >= 11 is 3.37. The molecule has 1 atom stereocenters. The molecule has 3 amide bonds. The van der Waals surface area contributed by atoms with Gasteiger partial charge in [0.1, 0.15) is 6.04 Å². The summed E-state index contributed by atoms with van der Waals surface area (Å²) in [5.41, 5.74) is 1.59. The second kappa shape index (κ2) is 10.2. The Morgan fingerprint density at radius 1 is 1.27 bits per heavy atom. The molecule has 0 aliphatic rings. The van der Waals surface area contributed by atoms with Crippen molar-refractivity contribution in [1.29, 1.82) is 0 Å². The molecule has 1 aromatic rings. The van der Waals surface area contributed by atoms with Gasteiger partial charge in [0.2, 0.25) is 11.8 Å². The van der Waals surface area contributed by atoms with Crippen LogP contribution in [0.3, 0.4) is 0 Å². The summed E-state index contributed by atoms with van der Waals surface area (Å²) in [6.45, 7) is 7.29. The van der Waals surface area contributed by atoms with Gasteiger partial charge in [-0.1, -0.05) is 29.8 Å². The molecule has 0 aliphatic heterocycles. The Balaban J connectivity index is 2.70. The SMILES string of the molecule is CCOC(=O)NC(C(=O)N(C)CC(=O)Nc1ccc(Br)cc1C)C(C)C. The van der Waals surface area contributed by atoms with Crippen LogP contribution in [0.25, 0.3) is 0 Å². The van der Waals surface area contributed by atoms with E-state index in [1.54, 1.807) is 13.0 Å². The van der Waals surface area contributed by atoms with Crippen LogP contribution in [0.5, 0.6) is 0 Å². The van der Waals surface area contributed by atoms with E-state index in [1.165, 1.54) is 11.9 Å². The van der Waals surface area contributed by atoms with Crippen molar-refractivity contribution in [1.82, 2.24) is 10.2 Å². The molecule has 0 saturated carbocycles. The fraction of sp³-hybridized carbons (Fsp3) is 0.500. The van der Waals surface area contributed by atoms with E-state index < -0.39 is 12.1 Å². The number of benzene rings is 1. The molecular weight excluding hydrogens is 402 g/mol. The molecule has 8 heteroatoms. The number of rotatable bonds is 7. The summed E-state index contributed by atoms with van der Waals surface area (Å²) < 4.78 is 5.75. The molecule has 0 fully saturated rings. The summed E-state index contributed by atoms with van der Waals surface area (Å²) in [6.07, 6.45) is -0.650. The Morgan fingerprint density at radius 2 is 1.92 bits per heavy atom. The third kappa shape index (κ3) is 6.67. The van der Waals surface area contributed by atoms with Crippen LogP contribution < -0.4 is 10.6 Å². The summed E-state index contributed by atoms with van der Waals surface area (Å²) in [5.74, 6) is -0.813. The zero-order valence-corrected chi connectivity index (χ0v) is 17.3. The zero-order valence-electron chi connectivity index (χ0n) is 15.8. The lowest BCUT2D eigenvalue weighted by Gasteiger charge is -2.26. The van der Waals surface area contributed by atoms with Crippen molar-refractivity contribution in [2.24, 2.45) is 5.92 Å². The van der Waals surface area contributed by atoms with E-state index in [4.69, 9.17) is 4.74 Å². The number of carbonyl (C=O) groups excluding carboxylic acids is 3. The maximum Gasteiger partial charge on any atom is 0.407 e. The number of nitrogens with zero attached hydrogens (tertiary/aromatic N) is 1. The predicted molar refractivity (Wildman–Crippen MR) is 104 cm³/mol. The van der Waals surface area contributed by atoms with Crippen LogP contribution in [-0.2, 0) is 14.3 Å². The molecular formula is C18H26BrN3O4. The molecule has 1 rings (SSSR count). The van der Waals surface area contributed by atoms with Crippen LogP contribution in [0, 0.1) is 12.8 Å². The van der Waals surface area contributed by atoms with Gasteiger partial charge in [0, 0.05) is 17.2 Å². The first-order valence-electron chi connectivity index (χ1n) is 8.40. The van der Waals surface area contributed by atoms with Crippen LogP contribution in [-0.4, -0.2) is 49.0 Å². The first-order chi connectivity index (χ1) is 12.1. The maximum absolute atomic E-state index is 12.6. The number of halogens is 1. The zero-order chi connectivity index (χ0) is 19.9. The third-order valence-electron chi connectivity index (χ3n) is 3.70. The van der Waals surface area contributed by atoms with E-state index in [-0.39, 0.29) is 30.9 Å². The van der Waals surface area contributed by atoms with Gasteiger partial charge in [0.15, 0.2) is 0 Å². The third-order valence-corrected chi connectivity index (χ3v) is 4.19. The maximum atomic E-state index is 12.6. The van der Waals surface area contributed by atoms with E-state index in [2.05, 4.69) is 26.6 Å². The number of likely N-dealkylation sites (N-methyl/N-ethyl adjacent to an activating group) is 1. The number of ether oxygens (including phenoxy) is 1. The molecule has 0 heterocycles. The van der Waals surface area contributed by atoms with Crippen molar-refractivity contribution < 1.29 is 19.1 Å². The molecule has 0 aromatic heterocycles. The van der Waals surface area contributed by atoms with Gasteiger partial charge in [-0.3, -0.25) is 9.59 Å². The highest BCUT2D eigenvalue weighted by Gasteiger charge is 2.28. The van der Waals surface area contributed by atoms with Gasteiger partial charge in [-0.05, 0) is 43.5 Å². The Hall–Kier alpha value is -2.09. The van der Waals surface area contributed by atoms with Crippen molar-refractivity contribution in [2.75, 3.05) is 25.5 Å². The minimum atomic E-state index is -0.763. The molecule has 1 aromatic carbocycles. The molecule has 144 valence electrons. The number of anilines is 1. The molecule has 0 bridgehead atoms. The highest BCUT2D eigenvalue weighted by atomic mass is 79.9. The molecule has 0 aliphatic carbocycles. The number of hydrogen-bond donors (Lipinski definition) is 2. The topological polar surface area (TPSA) is 87.7 Å². The van der Waals surface area contributed by atoms with E-state index in [0.29, 0.717) is 5.69 Å². The second-order valence-electron chi connectivity index (χ2n) is 6.29. The van der Waals surface area contributed by atoms with Crippen LogP contribution >= 0.6 is 15.9 Å². The highest BCUT2D eigenvalue weighted by molar-refractivity contribution is 9.10. The van der Waals surface area contributed by atoms with Gasteiger partial charge in [-0.25, -0.2) is 4.79 Å². The van der Waals surface area contributed by atoms with Gasteiger partial charge in [-0.15, -0.1) is 0 Å². The van der Waals surface area contributed by atoms with E-state index in [0.717, 1.165) is 10.0 Å². The van der Waals surface area contributed by atoms with Crippen molar-refractivity contribution in [3.05, 3.63) is 28.2 Å². The average Bonchev–Trinajstić information content (AvgIpc) is 2.54. The molecule has 0 radical (unpaired) electrons. The number of aryl methyl sites for hydroxylation is 1. The van der Waals surface area contributed by atoms with Crippen LogP contribution in [0.1, 0.15) is 26.3 Å². The Kier molecular flexibility index (Phi) is 8.57. The van der Waals surface area contributed by atoms with Crippen molar-refractivity contribution in [3.8, 4) is 0 Å². The monoisotopic (exact) mass is 427 g/mol. The summed E-state index contributed by atoms with van der Waals surface area (Å²) in [4.78, 5) is 37.8. The Morgan fingerprint density at radius 3 is 2.46 bits per heavy atom. The quantitative estimate of drug-likeness (QED) is 0.699. The van der Waals surface area contributed by atoms with Crippen LogP contribution in [0.2, 0.25) is 0 Å². The molecule has 26 heavy (non-hydrogen) atoms. The smallest absolute Gasteiger partial charge is 0.407 e. The van der Waals surface area contributed by atoms with E-state index in [1.807, 2.05) is 32.9 Å². The molecule has 7 nitrogen and oxygen atoms in total. The van der Waals surface area contributed by atoms with Gasteiger partial charge >= 0.3 is 6.09 Å². The van der Waals surface area contributed by atoms with Crippen molar-refractivity contribution >= 4 is 39.5 Å². The first kappa shape index (κ1) is 22.0. The lowest BCUT2D eigenvalue weighted by atomic mass is 10.0. The minimum Gasteiger partial charge on any atom is -0.450 e. The summed E-state index contributed by atoms with van der Waals surface area (Å²) in [7, 11) is 1.53. The number of amides is 3.